The minimum absolute atomic E-state index is 0.416. The summed E-state index contributed by atoms with van der Waals surface area (Å²) in [6.45, 7) is 1.43. The molecule has 126 valence electrons. The van der Waals surface area contributed by atoms with Crippen molar-refractivity contribution in [3.63, 3.8) is 0 Å². The number of guanidine groups is 1. The van der Waals surface area contributed by atoms with E-state index < -0.39 is 5.91 Å². The number of rotatable bonds is 7. The summed E-state index contributed by atoms with van der Waals surface area (Å²) >= 11 is 0. The maximum absolute atomic E-state index is 11.2. The Morgan fingerprint density at radius 2 is 1.79 bits per heavy atom. The van der Waals surface area contributed by atoms with Gasteiger partial charge in [-0.2, -0.15) is 0 Å². The van der Waals surface area contributed by atoms with E-state index >= 15 is 0 Å². The number of hydrogen-bond acceptors (Lipinski definition) is 2. The van der Waals surface area contributed by atoms with Crippen molar-refractivity contribution in [2.75, 3.05) is 13.6 Å². The second kappa shape index (κ2) is 9.35. The van der Waals surface area contributed by atoms with E-state index in [1.54, 1.807) is 19.2 Å². The van der Waals surface area contributed by atoms with E-state index in [1.165, 1.54) is 5.56 Å². The first-order chi connectivity index (χ1) is 11.7. The van der Waals surface area contributed by atoms with Crippen LogP contribution in [-0.2, 0) is 13.0 Å². The van der Waals surface area contributed by atoms with Gasteiger partial charge in [0.1, 0.15) is 0 Å². The van der Waals surface area contributed by atoms with E-state index in [1.807, 2.05) is 18.2 Å². The number of primary amides is 1. The number of hydrogen-bond donors (Lipinski definition) is 3. The number of aryl methyl sites for hydroxylation is 1. The van der Waals surface area contributed by atoms with Gasteiger partial charge in [-0.15, -0.1) is 0 Å². The highest BCUT2D eigenvalue weighted by atomic mass is 16.1. The first kappa shape index (κ1) is 17.5. The molecule has 2 rings (SSSR count). The number of amides is 1. The minimum Gasteiger partial charge on any atom is -0.366 e. The number of aliphatic imine (C=N–C) groups is 1. The molecule has 2 aromatic rings. The summed E-state index contributed by atoms with van der Waals surface area (Å²) in [5.41, 5.74) is 8.14. The molecule has 0 unspecified atom stereocenters. The average Bonchev–Trinajstić information content (AvgIpc) is 2.62. The third-order valence-corrected chi connectivity index (χ3v) is 3.67. The van der Waals surface area contributed by atoms with E-state index in [9.17, 15) is 4.79 Å². The van der Waals surface area contributed by atoms with Crippen molar-refractivity contribution < 1.29 is 4.79 Å². The Labute approximate surface area is 143 Å². The fraction of sp³-hybridized carbons (Fsp3) is 0.263. The summed E-state index contributed by atoms with van der Waals surface area (Å²) in [6, 6.07) is 17.7. The molecular formula is C19H24N4O. The van der Waals surface area contributed by atoms with E-state index in [2.05, 4.69) is 39.9 Å². The SMILES string of the molecule is CN=C(NCCCc1ccccc1)NCc1cccc(C(N)=O)c1. The Balaban J connectivity index is 1.74. The van der Waals surface area contributed by atoms with Crippen LogP contribution in [0.2, 0.25) is 0 Å². The Hall–Kier alpha value is -2.82. The molecule has 0 saturated heterocycles. The second-order valence-corrected chi connectivity index (χ2v) is 5.51. The third-order valence-electron chi connectivity index (χ3n) is 3.67. The number of carbonyl (C=O) groups is 1. The normalized spacial score (nSPS) is 11.1. The highest BCUT2D eigenvalue weighted by molar-refractivity contribution is 5.92. The highest BCUT2D eigenvalue weighted by Gasteiger charge is 2.02. The average molecular weight is 324 g/mol. The molecule has 1 amide bonds. The third kappa shape index (κ3) is 5.76. The lowest BCUT2D eigenvalue weighted by molar-refractivity contribution is 0.1000. The van der Waals surface area contributed by atoms with Crippen molar-refractivity contribution in [3.8, 4) is 0 Å². The lowest BCUT2D eigenvalue weighted by Gasteiger charge is -2.12. The molecule has 5 nitrogen and oxygen atoms in total. The molecule has 5 heteroatoms. The molecule has 2 aromatic carbocycles. The lowest BCUT2D eigenvalue weighted by Crippen LogP contribution is -2.37. The van der Waals surface area contributed by atoms with Gasteiger partial charge in [-0.3, -0.25) is 9.79 Å². The zero-order valence-corrected chi connectivity index (χ0v) is 14.0. The molecule has 0 saturated carbocycles. The van der Waals surface area contributed by atoms with E-state index in [0.29, 0.717) is 12.1 Å². The van der Waals surface area contributed by atoms with Crippen LogP contribution in [0, 0.1) is 0 Å². The van der Waals surface area contributed by atoms with Crippen LogP contribution in [0.3, 0.4) is 0 Å². The fourth-order valence-electron chi connectivity index (χ4n) is 2.38. The standard InChI is InChI=1S/C19H24N4O/c1-21-19(22-12-6-10-15-7-3-2-4-8-15)23-14-16-9-5-11-17(13-16)18(20)24/h2-5,7-9,11,13H,6,10,12,14H2,1H3,(H2,20,24)(H2,21,22,23). The summed E-state index contributed by atoms with van der Waals surface area (Å²) in [7, 11) is 1.74. The zero-order valence-electron chi connectivity index (χ0n) is 14.0. The van der Waals surface area contributed by atoms with Crippen LogP contribution in [0.1, 0.15) is 27.9 Å². The summed E-state index contributed by atoms with van der Waals surface area (Å²) in [6.07, 6.45) is 2.06. The summed E-state index contributed by atoms with van der Waals surface area (Å²) in [4.78, 5) is 15.4. The zero-order chi connectivity index (χ0) is 17.2. The Morgan fingerprint density at radius 3 is 2.50 bits per heavy atom. The van der Waals surface area contributed by atoms with Crippen molar-refractivity contribution in [3.05, 3.63) is 71.3 Å². The number of nitrogens with one attached hydrogen (secondary N) is 2. The Kier molecular flexibility index (Phi) is 6.83. The van der Waals surface area contributed by atoms with Gasteiger partial charge in [0, 0.05) is 25.7 Å². The molecule has 0 aliphatic rings. The van der Waals surface area contributed by atoms with Crippen molar-refractivity contribution in [1.29, 1.82) is 0 Å². The van der Waals surface area contributed by atoms with Crippen LogP contribution in [0.25, 0.3) is 0 Å². The van der Waals surface area contributed by atoms with E-state index in [0.717, 1.165) is 30.9 Å². The van der Waals surface area contributed by atoms with Crippen LogP contribution in [0.15, 0.2) is 59.6 Å². The molecule has 24 heavy (non-hydrogen) atoms. The van der Waals surface area contributed by atoms with Gasteiger partial charge < -0.3 is 16.4 Å². The summed E-state index contributed by atoms with van der Waals surface area (Å²) in [5.74, 6) is 0.327. The van der Waals surface area contributed by atoms with Crippen LogP contribution >= 0.6 is 0 Å². The van der Waals surface area contributed by atoms with Crippen LogP contribution < -0.4 is 16.4 Å². The van der Waals surface area contributed by atoms with Gasteiger partial charge in [0.2, 0.25) is 5.91 Å². The molecule has 0 heterocycles. The molecule has 0 radical (unpaired) electrons. The second-order valence-electron chi connectivity index (χ2n) is 5.51. The maximum atomic E-state index is 11.2. The Bertz CT molecular complexity index is 683. The van der Waals surface area contributed by atoms with Crippen LogP contribution in [0.5, 0.6) is 0 Å². The van der Waals surface area contributed by atoms with Gasteiger partial charge in [-0.25, -0.2) is 0 Å². The van der Waals surface area contributed by atoms with Crippen molar-refractivity contribution >= 4 is 11.9 Å². The molecule has 0 fully saturated rings. The number of nitrogens with two attached hydrogens (primary N) is 1. The Morgan fingerprint density at radius 1 is 1.04 bits per heavy atom. The van der Waals surface area contributed by atoms with Gasteiger partial charge in [0.25, 0.3) is 0 Å². The fourth-order valence-corrected chi connectivity index (χ4v) is 2.38. The summed E-state index contributed by atoms with van der Waals surface area (Å²) in [5, 5.41) is 6.53. The maximum Gasteiger partial charge on any atom is 0.248 e. The van der Waals surface area contributed by atoms with Crippen molar-refractivity contribution in [2.45, 2.75) is 19.4 Å². The van der Waals surface area contributed by atoms with E-state index in [4.69, 9.17) is 5.73 Å². The number of benzene rings is 2. The molecule has 0 spiro atoms. The smallest absolute Gasteiger partial charge is 0.248 e. The van der Waals surface area contributed by atoms with Gasteiger partial charge in [-0.05, 0) is 36.1 Å². The molecule has 0 atom stereocenters. The quantitative estimate of drug-likeness (QED) is 0.414. The topological polar surface area (TPSA) is 79.5 Å². The summed E-state index contributed by atoms with van der Waals surface area (Å²) < 4.78 is 0. The number of carbonyl (C=O) groups excluding carboxylic acids is 1. The number of nitrogens with zero attached hydrogens (tertiary/aromatic N) is 1. The highest BCUT2D eigenvalue weighted by Crippen LogP contribution is 2.04. The van der Waals surface area contributed by atoms with Crippen molar-refractivity contribution in [1.82, 2.24) is 10.6 Å². The predicted molar refractivity (Wildman–Crippen MR) is 97.9 cm³/mol. The van der Waals surface area contributed by atoms with Gasteiger partial charge in [-0.1, -0.05) is 42.5 Å². The minimum atomic E-state index is -0.416. The molecule has 4 N–H and O–H groups in total. The molecule has 0 aliphatic carbocycles. The lowest BCUT2D eigenvalue weighted by atomic mass is 10.1. The van der Waals surface area contributed by atoms with Crippen molar-refractivity contribution in [2.24, 2.45) is 10.7 Å². The predicted octanol–water partition coefficient (Wildman–Crippen LogP) is 2.08. The molecule has 0 aliphatic heterocycles. The van der Waals surface area contributed by atoms with E-state index in [-0.39, 0.29) is 0 Å². The first-order valence-electron chi connectivity index (χ1n) is 8.06. The van der Waals surface area contributed by atoms with Crippen LogP contribution in [-0.4, -0.2) is 25.5 Å². The van der Waals surface area contributed by atoms with Gasteiger partial charge in [0.05, 0.1) is 0 Å². The molecule has 0 aromatic heterocycles. The first-order valence-corrected chi connectivity index (χ1v) is 8.06. The monoisotopic (exact) mass is 324 g/mol. The van der Waals surface area contributed by atoms with Gasteiger partial charge >= 0.3 is 0 Å². The molecular weight excluding hydrogens is 300 g/mol. The van der Waals surface area contributed by atoms with Gasteiger partial charge in [0.15, 0.2) is 5.96 Å². The molecule has 0 bridgehead atoms. The largest absolute Gasteiger partial charge is 0.366 e. The van der Waals surface area contributed by atoms with Crippen LogP contribution in [0.4, 0.5) is 0 Å².